The van der Waals surface area contributed by atoms with E-state index in [-0.39, 0.29) is 17.3 Å². The minimum Gasteiger partial charge on any atom is -0.354 e. The van der Waals surface area contributed by atoms with Crippen LogP contribution in [0.1, 0.15) is 45.1 Å². The molecule has 0 fully saturated rings. The van der Waals surface area contributed by atoms with E-state index >= 15 is 0 Å². The summed E-state index contributed by atoms with van der Waals surface area (Å²) in [6, 6.07) is 13.1. The molecule has 2 rings (SSSR count). The van der Waals surface area contributed by atoms with Crippen LogP contribution in [0, 0.1) is 12.8 Å². The number of carbonyl (C=O) groups is 1. The molecule has 30 heavy (non-hydrogen) atoms. The van der Waals surface area contributed by atoms with Crippen molar-refractivity contribution in [2.75, 3.05) is 17.4 Å². The summed E-state index contributed by atoms with van der Waals surface area (Å²) in [4.78, 5) is 12.8. The molecule has 164 valence electrons. The van der Waals surface area contributed by atoms with Crippen molar-refractivity contribution in [3.05, 3.63) is 59.1 Å². The maximum Gasteiger partial charge on any atom is 0.264 e. The third kappa shape index (κ3) is 6.74. The monoisotopic (exact) mass is 450 g/mol. The van der Waals surface area contributed by atoms with Gasteiger partial charge in [0.15, 0.2) is 0 Å². The van der Waals surface area contributed by atoms with Gasteiger partial charge in [-0.05, 0) is 55.7 Å². The predicted molar refractivity (Wildman–Crippen MR) is 123 cm³/mol. The topological polar surface area (TPSA) is 66.5 Å². The minimum atomic E-state index is -3.91. The Kier molecular flexibility index (Phi) is 9.18. The van der Waals surface area contributed by atoms with Crippen LogP contribution in [0.15, 0.2) is 53.4 Å². The highest BCUT2D eigenvalue weighted by Crippen LogP contribution is 2.25. The number of halogens is 1. The smallest absolute Gasteiger partial charge is 0.264 e. The molecule has 0 bridgehead atoms. The van der Waals surface area contributed by atoms with Gasteiger partial charge in [0.05, 0.1) is 10.6 Å². The highest BCUT2D eigenvalue weighted by molar-refractivity contribution is 7.92. The van der Waals surface area contributed by atoms with Gasteiger partial charge < -0.3 is 5.32 Å². The zero-order chi connectivity index (χ0) is 22.1. The molecule has 0 saturated heterocycles. The molecule has 1 amide bonds. The lowest BCUT2D eigenvalue weighted by Gasteiger charge is -2.25. The summed E-state index contributed by atoms with van der Waals surface area (Å²) >= 11 is 5.97. The zero-order valence-electron chi connectivity index (χ0n) is 17.9. The minimum absolute atomic E-state index is 0.144. The van der Waals surface area contributed by atoms with Crippen LogP contribution in [0.5, 0.6) is 0 Å². The Balaban J connectivity index is 2.23. The van der Waals surface area contributed by atoms with Gasteiger partial charge in [-0.2, -0.15) is 0 Å². The largest absolute Gasteiger partial charge is 0.354 e. The molecule has 0 aromatic heterocycles. The van der Waals surface area contributed by atoms with E-state index in [1.807, 2.05) is 6.92 Å². The van der Waals surface area contributed by atoms with Crippen molar-refractivity contribution in [1.29, 1.82) is 0 Å². The molecule has 0 unspecified atom stereocenters. The molecule has 0 aliphatic carbocycles. The number of nitrogens with zero attached hydrogens (tertiary/aromatic N) is 1. The molecule has 0 aliphatic rings. The second-order valence-corrected chi connectivity index (χ2v) is 9.82. The lowest BCUT2D eigenvalue weighted by atomic mass is 9.99. The molecule has 0 saturated carbocycles. The van der Waals surface area contributed by atoms with E-state index in [2.05, 4.69) is 19.2 Å². The summed E-state index contributed by atoms with van der Waals surface area (Å²) in [5.41, 5.74) is 1.36. The molecule has 2 aromatic carbocycles. The first-order valence-electron chi connectivity index (χ1n) is 10.4. The maximum atomic E-state index is 13.3. The van der Waals surface area contributed by atoms with E-state index in [0.29, 0.717) is 23.2 Å². The Bertz CT molecular complexity index is 912. The van der Waals surface area contributed by atoms with Crippen LogP contribution in [-0.4, -0.2) is 27.4 Å². The standard InChI is InChI=1S/C23H31ClN2O3S/c1-4-6-7-19(5-2)16-25-23(27)17-26(21-12-10-20(24)11-13-21)30(28,29)22-14-8-18(3)9-15-22/h8-15,19H,4-7,16-17H2,1-3H3,(H,25,27)/t19-/m0/s1. The second kappa shape index (κ2) is 11.4. The molecule has 0 spiro atoms. The van der Waals surface area contributed by atoms with Crippen LogP contribution < -0.4 is 9.62 Å². The second-order valence-electron chi connectivity index (χ2n) is 7.52. The number of rotatable bonds is 11. The summed E-state index contributed by atoms with van der Waals surface area (Å²) in [6.07, 6.45) is 4.26. The summed E-state index contributed by atoms with van der Waals surface area (Å²) in [5, 5.41) is 3.41. The molecule has 0 aliphatic heterocycles. The van der Waals surface area contributed by atoms with Gasteiger partial charge >= 0.3 is 0 Å². The Morgan fingerprint density at radius 3 is 2.27 bits per heavy atom. The highest BCUT2D eigenvalue weighted by Gasteiger charge is 2.27. The van der Waals surface area contributed by atoms with E-state index in [9.17, 15) is 13.2 Å². The number of sulfonamides is 1. The molecular formula is C23H31ClN2O3S. The first kappa shape index (κ1) is 24.2. The van der Waals surface area contributed by atoms with E-state index in [1.54, 1.807) is 48.5 Å². The van der Waals surface area contributed by atoms with Crippen LogP contribution in [-0.2, 0) is 14.8 Å². The maximum absolute atomic E-state index is 13.3. The van der Waals surface area contributed by atoms with Crippen molar-refractivity contribution < 1.29 is 13.2 Å². The Labute approximate surface area is 185 Å². The van der Waals surface area contributed by atoms with E-state index in [1.165, 1.54) is 0 Å². The first-order valence-corrected chi connectivity index (χ1v) is 12.2. The fraction of sp³-hybridized carbons (Fsp3) is 0.435. The Morgan fingerprint density at radius 2 is 1.70 bits per heavy atom. The van der Waals surface area contributed by atoms with Crippen molar-refractivity contribution in [2.45, 2.75) is 51.3 Å². The molecule has 2 aromatic rings. The number of anilines is 1. The molecule has 0 heterocycles. The molecule has 1 N–H and O–H groups in total. The van der Waals surface area contributed by atoms with E-state index < -0.39 is 10.0 Å². The third-order valence-electron chi connectivity index (χ3n) is 5.14. The van der Waals surface area contributed by atoms with E-state index in [0.717, 1.165) is 35.6 Å². The van der Waals surface area contributed by atoms with Crippen molar-refractivity contribution in [3.63, 3.8) is 0 Å². The molecule has 0 radical (unpaired) electrons. The van der Waals surface area contributed by atoms with Crippen molar-refractivity contribution >= 4 is 33.2 Å². The van der Waals surface area contributed by atoms with Gasteiger partial charge in [-0.3, -0.25) is 9.10 Å². The van der Waals surface area contributed by atoms with Crippen molar-refractivity contribution in [3.8, 4) is 0 Å². The fourth-order valence-electron chi connectivity index (χ4n) is 3.15. The third-order valence-corrected chi connectivity index (χ3v) is 7.18. The van der Waals surface area contributed by atoms with Gasteiger partial charge in [0, 0.05) is 11.6 Å². The average molecular weight is 451 g/mol. The van der Waals surface area contributed by atoms with Gasteiger partial charge in [0.1, 0.15) is 6.54 Å². The quantitative estimate of drug-likeness (QED) is 0.513. The number of amides is 1. The SMILES string of the molecule is CCCC[C@H](CC)CNC(=O)CN(c1ccc(Cl)cc1)S(=O)(=O)c1ccc(C)cc1. The number of unbranched alkanes of at least 4 members (excludes halogenated alkanes) is 1. The van der Waals surface area contributed by atoms with Gasteiger partial charge in [-0.15, -0.1) is 0 Å². The highest BCUT2D eigenvalue weighted by atomic mass is 35.5. The van der Waals surface area contributed by atoms with Crippen molar-refractivity contribution in [2.24, 2.45) is 5.92 Å². The summed E-state index contributed by atoms with van der Waals surface area (Å²) < 4.78 is 27.8. The number of hydrogen-bond donors (Lipinski definition) is 1. The summed E-state index contributed by atoms with van der Waals surface area (Å²) in [6.45, 7) is 6.40. The summed E-state index contributed by atoms with van der Waals surface area (Å²) in [7, 11) is -3.91. The number of hydrogen-bond acceptors (Lipinski definition) is 3. The number of nitrogens with one attached hydrogen (secondary N) is 1. The Hall–Kier alpha value is -2.05. The average Bonchev–Trinajstić information content (AvgIpc) is 2.73. The zero-order valence-corrected chi connectivity index (χ0v) is 19.5. The van der Waals surface area contributed by atoms with Crippen molar-refractivity contribution in [1.82, 2.24) is 5.32 Å². The molecule has 1 atom stereocenters. The van der Waals surface area contributed by atoms with Crippen LogP contribution in [0.3, 0.4) is 0 Å². The normalized spacial score (nSPS) is 12.4. The summed E-state index contributed by atoms with van der Waals surface area (Å²) in [5.74, 6) is 0.0715. The van der Waals surface area contributed by atoms with Gasteiger partial charge in [-0.25, -0.2) is 8.42 Å². The first-order chi connectivity index (χ1) is 14.3. The van der Waals surface area contributed by atoms with Gasteiger partial charge in [0.2, 0.25) is 5.91 Å². The molecule has 7 heteroatoms. The van der Waals surface area contributed by atoms with Crippen LogP contribution in [0.4, 0.5) is 5.69 Å². The van der Waals surface area contributed by atoms with Crippen LogP contribution >= 0.6 is 11.6 Å². The number of benzene rings is 2. The molecule has 5 nitrogen and oxygen atoms in total. The molecular weight excluding hydrogens is 420 g/mol. The number of aryl methyl sites for hydroxylation is 1. The lowest BCUT2D eigenvalue weighted by molar-refractivity contribution is -0.119. The van der Waals surface area contributed by atoms with Gasteiger partial charge in [-0.1, -0.05) is 62.4 Å². The van der Waals surface area contributed by atoms with E-state index in [4.69, 9.17) is 11.6 Å². The fourth-order valence-corrected chi connectivity index (χ4v) is 4.69. The predicted octanol–water partition coefficient (Wildman–Crippen LogP) is 5.18. The van der Waals surface area contributed by atoms with Crippen LogP contribution in [0.25, 0.3) is 0 Å². The Morgan fingerprint density at radius 1 is 1.07 bits per heavy atom. The van der Waals surface area contributed by atoms with Crippen LogP contribution in [0.2, 0.25) is 5.02 Å². The number of carbonyl (C=O) groups excluding carboxylic acids is 1. The van der Waals surface area contributed by atoms with Gasteiger partial charge in [0.25, 0.3) is 10.0 Å². The lowest BCUT2D eigenvalue weighted by Crippen LogP contribution is -2.42.